The van der Waals surface area contributed by atoms with Gasteiger partial charge in [0.1, 0.15) is 5.82 Å². The van der Waals surface area contributed by atoms with Gasteiger partial charge in [-0.1, -0.05) is 37.3 Å². The minimum absolute atomic E-state index is 0.0345. The smallest absolute Gasteiger partial charge is 0.226 e. The molecule has 194 valence electrons. The number of aromatic nitrogens is 3. The summed E-state index contributed by atoms with van der Waals surface area (Å²) in [5, 5.41) is 7.20. The van der Waals surface area contributed by atoms with Crippen LogP contribution in [0.15, 0.2) is 79.1 Å². The van der Waals surface area contributed by atoms with Crippen LogP contribution in [0, 0.1) is 13.8 Å². The van der Waals surface area contributed by atoms with E-state index in [1.165, 1.54) is 0 Å². The number of carbonyl (C=O) groups is 1. The van der Waals surface area contributed by atoms with E-state index in [-0.39, 0.29) is 18.0 Å². The van der Waals surface area contributed by atoms with Gasteiger partial charge in [0.2, 0.25) is 5.91 Å². The van der Waals surface area contributed by atoms with Crippen molar-refractivity contribution < 1.29 is 4.79 Å². The van der Waals surface area contributed by atoms with E-state index in [0.29, 0.717) is 18.1 Å². The highest BCUT2D eigenvalue weighted by atomic mass is 32.1. The van der Waals surface area contributed by atoms with Crippen LogP contribution in [0.1, 0.15) is 53.6 Å². The molecule has 1 fully saturated rings. The van der Waals surface area contributed by atoms with Crippen molar-refractivity contribution in [3.63, 3.8) is 0 Å². The van der Waals surface area contributed by atoms with E-state index in [2.05, 4.69) is 56.9 Å². The third-order valence-electron chi connectivity index (χ3n) is 7.12. The Hall–Kier alpha value is -4.04. The fraction of sp³-hybridized carbons (Fsp3) is 0.267. The van der Waals surface area contributed by atoms with Crippen molar-refractivity contribution in [2.75, 3.05) is 11.9 Å². The van der Waals surface area contributed by atoms with Gasteiger partial charge in [0, 0.05) is 42.4 Å². The lowest BCUT2D eigenvalue weighted by Gasteiger charge is -2.28. The topological polar surface area (TPSA) is 75.1 Å². The average molecular weight is 525 g/mol. The van der Waals surface area contributed by atoms with Gasteiger partial charge in [-0.05, 0) is 80.0 Å². The summed E-state index contributed by atoms with van der Waals surface area (Å²) < 4.78 is 2.17. The Morgan fingerprint density at radius 1 is 1.03 bits per heavy atom. The first kappa shape index (κ1) is 25.6. The number of hydrogen-bond acceptors (Lipinski definition) is 4. The molecule has 0 unspecified atom stereocenters. The zero-order valence-corrected chi connectivity index (χ0v) is 22.7. The van der Waals surface area contributed by atoms with E-state index >= 15 is 0 Å². The highest BCUT2D eigenvalue weighted by Gasteiger charge is 2.41. The van der Waals surface area contributed by atoms with Crippen LogP contribution in [-0.2, 0) is 11.2 Å². The second-order valence-corrected chi connectivity index (χ2v) is 9.87. The monoisotopic (exact) mass is 524 g/mol. The molecule has 2 atom stereocenters. The second-order valence-electron chi connectivity index (χ2n) is 9.48. The maximum absolute atomic E-state index is 13.0. The molecule has 7 nitrogen and oxygen atoms in total. The predicted octanol–water partition coefficient (Wildman–Crippen LogP) is 5.45. The SMILES string of the molecule is CCc1ccccc1NC(=O)CCN1C(=S)N[C@H](c2ccccn2)[C@@H]1c1cc(C)n(-c2ccccn2)c1C. The summed E-state index contributed by atoms with van der Waals surface area (Å²) in [5.41, 5.74) is 6.20. The van der Waals surface area contributed by atoms with Crippen LogP contribution in [0.25, 0.3) is 5.82 Å². The first-order valence-electron chi connectivity index (χ1n) is 12.9. The molecule has 0 bridgehead atoms. The van der Waals surface area contributed by atoms with Gasteiger partial charge in [-0.15, -0.1) is 0 Å². The molecule has 0 saturated carbocycles. The molecule has 0 radical (unpaired) electrons. The fourth-order valence-corrected chi connectivity index (χ4v) is 5.63. The third-order valence-corrected chi connectivity index (χ3v) is 7.47. The molecule has 1 aliphatic rings. The molecule has 1 aromatic carbocycles. The van der Waals surface area contributed by atoms with Crippen molar-refractivity contribution in [3.05, 3.63) is 107 Å². The summed E-state index contributed by atoms with van der Waals surface area (Å²) in [7, 11) is 0. The lowest BCUT2D eigenvalue weighted by molar-refractivity contribution is -0.116. The molecular weight excluding hydrogens is 492 g/mol. The number of pyridine rings is 2. The summed E-state index contributed by atoms with van der Waals surface area (Å²) in [6, 6.07) is 21.7. The van der Waals surface area contributed by atoms with Crippen molar-refractivity contribution in [2.45, 2.75) is 45.7 Å². The highest BCUT2D eigenvalue weighted by Crippen LogP contribution is 2.41. The molecule has 4 aromatic rings. The lowest BCUT2D eigenvalue weighted by atomic mass is 9.96. The molecule has 38 heavy (non-hydrogen) atoms. The van der Waals surface area contributed by atoms with Crippen LogP contribution in [0.5, 0.6) is 0 Å². The fourth-order valence-electron chi connectivity index (χ4n) is 5.30. The van der Waals surface area contributed by atoms with Crippen molar-refractivity contribution >= 4 is 28.9 Å². The number of aryl methyl sites for hydroxylation is 2. The van der Waals surface area contributed by atoms with E-state index in [0.717, 1.165) is 46.1 Å². The van der Waals surface area contributed by atoms with E-state index < -0.39 is 0 Å². The number of thiocarbonyl (C=S) groups is 1. The molecule has 0 spiro atoms. The Balaban J connectivity index is 1.45. The van der Waals surface area contributed by atoms with Gasteiger partial charge in [0.15, 0.2) is 5.11 Å². The summed E-state index contributed by atoms with van der Waals surface area (Å²) in [6.07, 6.45) is 4.77. The molecule has 2 N–H and O–H groups in total. The normalized spacial score (nSPS) is 16.9. The quantitative estimate of drug-likeness (QED) is 0.299. The minimum Gasteiger partial charge on any atom is -0.352 e. The Kier molecular flexibility index (Phi) is 7.51. The van der Waals surface area contributed by atoms with Crippen molar-refractivity contribution in [2.24, 2.45) is 0 Å². The number of carbonyl (C=O) groups excluding carboxylic acids is 1. The van der Waals surface area contributed by atoms with Crippen molar-refractivity contribution in [1.82, 2.24) is 24.8 Å². The molecule has 8 heteroatoms. The minimum atomic E-state index is -0.148. The van der Waals surface area contributed by atoms with Gasteiger partial charge in [-0.3, -0.25) is 9.78 Å². The van der Waals surface area contributed by atoms with Crippen LogP contribution in [0.4, 0.5) is 5.69 Å². The zero-order chi connectivity index (χ0) is 26.6. The van der Waals surface area contributed by atoms with E-state index in [1.807, 2.05) is 60.7 Å². The summed E-state index contributed by atoms with van der Waals surface area (Å²) in [4.78, 5) is 24.4. The predicted molar refractivity (Wildman–Crippen MR) is 154 cm³/mol. The number of rotatable bonds is 8. The van der Waals surface area contributed by atoms with Gasteiger partial charge < -0.3 is 20.1 Å². The van der Waals surface area contributed by atoms with E-state index in [1.54, 1.807) is 12.4 Å². The molecule has 3 aromatic heterocycles. The third kappa shape index (κ3) is 5.04. The van der Waals surface area contributed by atoms with Gasteiger partial charge in [-0.25, -0.2) is 4.98 Å². The number of amides is 1. The van der Waals surface area contributed by atoms with Gasteiger partial charge >= 0.3 is 0 Å². The number of nitrogens with one attached hydrogen (secondary N) is 2. The molecule has 1 saturated heterocycles. The molecule has 1 aliphatic heterocycles. The number of benzene rings is 1. The van der Waals surface area contributed by atoms with Crippen LogP contribution in [0.3, 0.4) is 0 Å². The lowest BCUT2D eigenvalue weighted by Crippen LogP contribution is -2.33. The average Bonchev–Trinajstić information content (AvgIpc) is 3.42. The molecule has 4 heterocycles. The summed E-state index contributed by atoms with van der Waals surface area (Å²) >= 11 is 5.83. The number of nitrogens with zero attached hydrogens (tertiary/aromatic N) is 4. The maximum Gasteiger partial charge on any atom is 0.226 e. The van der Waals surface area contributed by atoms with Crippen molar-refractivity contribution in [1.29, 1.82) is 0 Å². The second kappa shape index (κ2) is 11.1. The molecular formula is C30H32N6OS. The first-order valence-corrected chi connectivity index (χ1v) is 13.3. The molecule has 1 amide bonds. The van der Waals surface area contributed by atoms with Gasteiger partial charge in [0.25, 0.3) is 0 Å². The van der Waals surface area contributed by atoms with E-state index in [9.17, 15) is 4.79 Å². The number of hydrogen-bond donors (Lipinski definition) is 2. The standard InChI is InChI=1S/C30H32N6OS/c1-4-22-11-5-6-12-24(22)33-27(37)15-18-35-29(28(34-30(35)38)25-13-7-9-16-31-25)23-19-20(2)36(21(23)3)26-14-8-10-17-32-26/h5-14,16-17,19,28-29H,4,15,18H2,1-3H3,(H,33,37)(H,34,38)/t28-,29+/m1/s1. The summed E-state index contributed by atoms with van der Waals surface area (Å²) in [6.45, 7) is 6.77. The van der Waals surface area contributed by atoms with Gasteiger partial charge in [-0.2, -0.15) is 0 Å². The van der Waals surface area contributed by atoms with Crippen LogP contribution >= 0.6 is 12.2 Å². The van der Waals surface area contributed by atoms with Gasteiger partial charge in [0.05, 0.1) is 17.8 Å². The largest absolute Gasteiger partial charge is 0.352 e. The first-order chi connectivity index (χ1) is 18.5. The van der Waals surface area contributed by atoms with E-state index in [4.69, 9.17) is 12.2 Å². The number of anilines is 1. The maximum atomic E-state index is 13.0. The van der Waals surface area contributed by atoms with Crippen molar-refractivity contribution in [3.8, 4) is 5.82 Å². The highest BCUT2D eigenvalue weighted by molar-refractivity contribution is 7.80. The number of para-hydroxylation sites is 1. The van der Waals surface area contributed by atoms with Crippen LogP contribution in [0.2, 0.25) is 0 Å². The molecule has 0 aliphatic carbocycles. The Labute approximate surface area is 228 Å². The zero-order valence-electron chi connectivity index (χ0n) is 21.9. The molecule has 5 rings (SSSR count). The summed E-state index contributed by atoms with van der Waals surface area (Å²) in [5.74, 6) is 0.838. The van der Waals surface area contributed by atoms with Crippen LogP contribution in [-0.4, -0.2) is 37.0 Å². The Bertz CT molecular complexity index is 1440. The Morgan fingerprint density at radius 3 is 2.47 bits per heavy atom. The Morgan fingerprint density at radius 2 is 1.76 bits per heavy atom. The van der Waals surface area contributed by atoms with Crippen LogP contribution < -0.4 is 10.6 Å².